The van der Waals surface area contributed by atoms with Crippen LogP contribution in [0.5, 0.6) is 11.5 Å². The fourth-order valence-electron chi connectivity index (χ4n) is 2.98. The first-order chi connectivity index (χ1) is 16.1. The lowest BCUT2D eigenvalue weighted by atomic mass is 10.2. The lowest BCUT2D eigenvalue weighted by Crippen LogP contribution is -1.99. The summed E-state index contributed by atoms with van der Waals surface area (Å²) in [4.78, 5) is 0. The molecule has 0 N–H and O–H groups in total. The fraction of sp³-hybridized carbons (Fsp3) is 0.160. The predicted octanol–water partition coefficient (Wildman–Crippen LogP) is 6.00. The van der Waals surface area contributed by atoms with E-state index in [2.05, 4.69) is 46.5 Å². The maximum absolute atomic E-state index is 5.94. The summed E-state index contributed by atoms with van der Waals surface area (Å²) < 4.78 is 13.1. The Balaban J connectivity index is 1.40. The van der Waals surface area contributed by atoms with E-state index in [1.165, 1.54) is 11.1 Å². The first-order valence-electron chi connectivity index (χ1n) is 10.3. The second-order valence-corrected chi connectivity index (χ2v) is 8.68. The van der Waals surface area contributed by atoms with Crippen molar-refractivity contribution in [2.24, 2.45) is 5.10 Å². The van der Waals surface area contributed by atoms with Crippen molar-refractivity contribution in [2.45, 2.75) is 24.4 Å². The van der Waals surface area contributed by atoms with Crippen molar-refractivity contribution in [3.8, 4) is 11.5 Å². The molecule has 0 aliphatic heterocycles. The number of hydrogen-bond acceptors (Lipinski definition) is 6. The molecule has 0 atom stereocenters. The molecule has 1 heterocycles. The number of hydrogen-bond donors (Lipinski definition) is 0. The van der Waals surface area contributed by atoms with E-state index in [9.17, 15) is 0 Å². The van der Waals surface area contributed by atoms with Gasteiger partial charge in [-0.3, -0.25) is 0 Å². The standard InChI is InChI=1S/C25H23ClN4O2S/c1-18-3-5-20(6-4-18)16-33-25-29-27-17-30(25)28-14-21-9-12-23(24(13-21)31-2)32-15-19-7-10-22(26)11-8-19/h3-14,17H,15-16H2,1-2H3/b28-14+. The molecule has 0 spiro atoms. The third kappa shape index (κ3) is 6.37. The monoisotopic (exact) mass is 478 g/mol. The minimum absolute atomic E-state index is 0.420. The molecule has 0 bridgehead atoms. The van der Waals surface area contributed by atoms with Gasteiger partial charge < -0.3 is 9.47 Å². The van der Waals surface area contributed by atoms with E-state index >= 15 is 0 Å². The first kappa shape index (κ1) is 22.9. The molecule has 0 amide bonds. The van der Waals surface area contributed by atoms with Gasteiger partial charge in [0.2, 0.25) is 5.16 Å². The summed E-state index contributed by atoms with van der Waals surface area (Å²) in [6, 6.07) is 21.7. The Kier molecular flexibility index (Phi) is 7.65. The quantitative estimate of drug-likeness (QED) is 0.218. The molecule has 168 valence electrons. The van der Waals surface area contributed by atoms with E-state index in [1.54, 1.807) is 36.1 Å². The zero-order valence-corrected chi connectivity index (χ0v) is 19.9. The molecule has 0 aliphatic carbocycles. The Morgan fingerprint density at radius 3 is 2.52 bits per heavy atom. The molecule has 8 heteroatoms. The van der Waals surface area contributed by atoms with E-state index in [1.807, 2.05) is 42.5 Å². The third-order valence-corrected chi connectivity index (χ3v) is 6.07. The van der Waals surface area contributed by atoms with Gasteiger partial charge in [-0.15, -0.1) is 10.2 Å². The first-order valence-corrected chi connectivity index (χ1v) is 11.6. The number of nitrogens with zero attached hydrogens (tertiary/aromatic N) is 4. The highest BCUT2D eigenvalue weighted by atomic mass is 35.5. The molecule has 4 aromatic rings. The molecule has 33 heavy (non-hydrogen) atoms. The Morgan fingerprint density at radius 1 is 1.00 bits per heavy atom. The van der Waals surface area contributed by atoms with Crippen LogP contribution in [-0.4, -0.2) is 28.2 Å². The van der Waals surface area contributed by atoms with Gasteiger partial charge in [0.15, 0.2) is 11.5 Å². The molecule has 0 fully saturated rings. The lowest BCUT2D eigenvalue weighted by Gasteiger charge is -2.11. The van der Waals surface area contributed by atoms with Crippen LogP contribution in [0.4, 0.5) is 0 Å². The Labute approximate surface area is 202 Å². The smallest absolute Gasteiger partial charge is 0.212 e. The molecule has 0 saturated carbocycles. The van der Waals surface area contributed by atoms with Crippen LogP contribution >= 0.6 is 23.4 Å². The van der Waals surface area contributed by atoms with Gasteiger partial charge in [-0.05, 0) is 53.9 Å². The largest absolute Gasteiger partial charge is 0.493 e. The van der Waals surface area contributed by atoms with E-state index in [0.717, 1.165) is 22.0 Å². The Morgan fingerprint density at radius 2 is 1.76 bits per heavy atom. The van der Waals surface area contributed by atoms with Crippen molar-refractivity contribution >= 4 is 29.6 Å². The van der Waals surface area contributed by atoms with Gasteiger partial charge in [0.25, 0.3) is 0 Å². The van der Waals surface area contributed by atoms with Crippen molar-refractivity contribution in [2.75, 3.05) is 7.11 Å². The number of ether oxygens (including phenoxy) is 2. The fourth-order valence-corrected chi connectivity index (χ4v) is 3.93. The van der Waals surface area contributed by atoms with Crippen LogP contribution in [0.25, 0.3) is 0 Å². The van der Waals surface area contributed by atoms with Crippen LogP contribution in [0.15, 0.2) is 83.3 Å². The molecule has 0 saturated heterocycles. The summed E-state index contributed by atoms with van der Waals surface area (Å²) in [7, 11) is 1.62. The normalized spacial score (nSPS) is 11.1. The van der Waals surface area contributed by atoms with Crippen molar-refractivity contribution in [3.63, 3.8) is 0 Å². The number of thioether (sulfide) groups is 1. The summed E-state index contributed by atoms with van der Waals surface area (Å²) in [5.74, 6) is 2.08. The van der Waals surface area contributed by atoms with Crippen LogP contribution in [0.3, 0.4) is 0 Å². The molecular formula is C25H23ClN4O2S. The maximum Gasteiger partial charge on any atom is 0.212 e. The summed E-state index contributed by atoms with van der Waals surface area (Å²) in [6.07, 6.45) is 3.33. The third-order valence-electron chi connectivity index (χ3n) is 4.82. The van der Waals surface area contributed by atoms with Gasteiger partial charge in [0, 0.05) is 10.8 Å². The second kappa shape index (κ2) is 11.0. The summed E-state index contributed by atoms with van der Waals surface area (Å²) >= 11 is 7.52. The second-order valence-electron chi connectivity index (χ2n) is 7.30. The van der Waals surface area contributed by atoms with Crippen LogP contribution in [0.1, 0.15) is 22.3 Å². The minimum Gasteiger partial charge on any atom is -0.493 e. The summed E-state index contributed by atoms with van der Waals surface area (Å²) in [6.45, 7) is 2.50. The van der Waals surface area contributed by atoms with Gasteiger partial charge >= 0.3 is 0 Å². The van der Waals surface area contributed by atoms with Crippen LogP contribution < -0.4 is 9.47 Å². The number of rotatable bonds is 9. The van der Waals surface area contributed by atoms with Gasteiger partial charge in [-0.1, -0.05) is 65.3 Å². The van der Waals surface area contributed by atoms with E-state index in [-0.39, 0.29) is 0 Å². The van der Waals surface area contributed by atoms with Gasteiger partial charge in [0.1, 0.15) is 12.9 Å². The van der Waals surface area contributed by atoms with Gasteiger partial charge in [-0.25, -0.2) is 0 Å². The van der Waals surface area contributed by atoms with Crippen molar-refractivity contribution in [1.29, 1.82) is 0 Å². The topological polar surface area (TPSA) is 61.5 Å². The zero-order valence-electron chi connectivity index (χ0n) is 18.3. The minimum atomic E-state index is 0.420. The molecule has 6 nitrogen and oxygen atoms in total. The molecule has 0 radical (unpaired) electrons. The van der Waals surface area contributed by atoms with Crippen molar-refractivity contribution in [3.05, 3.63) is 100 Å². The SMILES string of the molecule is COc1cc(/C=N/n2cnnc2SCc2ccc(C)cc2)ccc1OCc1ccc(Cl)cc1. The lowest BCUT2D eigenvalue weighted by molar-refractivity contribution is 0.284. The highest BCUT2D eigenvalue weighted by molar-refractivity contribution is 7.98. The predicted molar refractivity (Wildman–Crippen MR) is 133 cm³/mol. The Hall–Kier alpha value is -3.29. The van der Waals surface area contributed by atoms with Gasteiger partial charge in [-0.2, -0.15) is 9.78 Å². The van der Waals surface area contributed by atoms with Gasteiger partial charge in [0.05, 0.1) is 13.3 Å². The van der Waals surface area contributed by atoms with Crippen LogP contribution in [-0.2, 0) is 12.4 Å². The summed E-state index contributed by atoms with van der Waals surface area (Å²) in [5.41, 5.74) is 4.36. The van der Waals surface area contributed by atoms with Crippen molar-refractivity contribution in [1.82, 2.24) is 14.9 Å². The summed E-state index contributed by atoms with van der Waals surface area (Å²) in [5, 5.41) is 14.1. The number of aryl methyl sites for hydroxylation is 1. The zero-order chi connectivity index (χ0) is 23.0. The molecule has 1 aromatic heterocycles. The highest BCUT2D eigenvalue weighted by Gasteiger charge is 2.07. The number of halogens is 1. The van der Waals surface area contributed by atoms with E-state index in [0.29, 0.717) is 23.1 Å². The van der Waals surface area contributed by atoms with Crippen molar-refractivity contribution < 1.29 is 9.47 Å². The molecule has 0 unspecified atom stereocenters. The highest BCUT2D eigenvalue weighted by Crippen LogP contribution is 2.28. The molecule has 3 aromatic carbocycles. The number of aromatic nitrogens is 3. The number of benzene rings is 3. The van der Waals surface area contributed by atoms with E-state index in [4.69, 9.17) is 21.1 Å². The molecule has 0 aliphatic rings. The Bertz CT molecular complexity index is 1220. The average molecular weight is 479 g/mol. The molecule has 4 rings (SSSR count). The van der Waals surface area contributed by atoms with Crippen LogP contribution in [0.2, 0.25) is 5.02 Å². The van der Waals surface area contributed by atoms with E-state index < -0.39 is 0 Å². The number of methoxy groups -OCH3 is 1. The van der Waals surface area contributed by atoms with Crippen LogP contribution in [0, 0.1) is 6.92 Å². The molecular weight excluding hydrogens is 456 g/mol. The maximum atomic E-state index is 5.94. The average Bonchev–Trinajstić information content (AvgIpc) is 3.29.